The van der Waals surface area contributed by atoms with Crippen molar-refractivity contribution in [3.05, 3.63) is 89.0 Å². The minimum absolute atomic E-state index is 0.0409. The fourth-order valence-corrected chi connectivity index (χ4v) is 3.03. The maximum atomic E-state index is 12.7. The molecule has 3 rings (SSSR count). The number of hydrogen-bond acceptors (Lipinski definition) is 5. The third kappa shape index (κ3) is 6.62. The van der Waals surface area contributed by atoms with Gasteiger partial charge in [-0.3, -0.25) is 4.79 Å². The van der Waals surface area contributed by atoms with Crippen molar-refractivity contribution in [1.29, 1.82) is 5.26 Å². The molecule has 0 spiro atoms. The molecule has 0 atom stereocenters. The molecule has 6 heteroatoms. The van der Waals surface area contributed by atoms with Crippen molar-refractivity contribution in [1.82, 2.24) is 0 Å². The van der Waals surface area contributed by atoms with Gasteiger partial charge in [0.1, 0.15) is 35.5 Å². The van der Waals surface area contributed by atoms with Gasteiger partial charge >= 0.3 is 0 Å². The van der Waals surface area contributed by atoms with E-state index < -0.39 is 5.91 Å². The highest BCUT2D eigenvalue weighted by Gasteiger charge is 2.12. The van der Waals surface area contributed by atoms with Crippen LogP contribution in [0.5, 0.6) is 17.2 Å². The van der Waals surface area contributed by atoms with Crippen LogP contribution in [0, 0.1) is 18.3 Å². The second kappa shape index (κ2) is 11.4. The Morgan fingerprint density at radius 1 is 1.00 bits per heavy atom. The minimum atomic E-state index is -0.510. The largest absolute Gasteiger partial charge is 0.497 e. The maximum absolute atomic E-state index is 12.7. The van der Waals surface area contributed by atoms with E-state index in [0.717, 1.165) is 5.56 Å². The van der Waals surface area contributed by atoms with Gasteiger partial charge in [-0.1, -0.05) is 29.8 Å². The monoisotopic (exact) mass is 442 g/mol. The molecule has 1 N–H and O–H groups in total. The van der Waals surface area contributed by atoms with E-state index in [-0.39, 0.29) is 5.57 Å². The molecular formula is C27H26N2O4. The van der Waals surface area contributed by atoms with Crippen LogP contribution in [-0.2, 0) is 11.4 Å². The van der Waals surface area contributed by atoms with Gasteiger partial charge in [-0.25, -0.2) is 0 Å². The van der Waals surface area contributed by atoms with Crippen molar-refractivity contribution in [3.8, 4) is 23.3 Å². The average molecular weight is 443 g/mol. The van der Waals surface area contributed by atoms with Crippen molar-refractivity contribution >= 4 is 17.7 Å². The Bertz CT molecular complexity index is 1160. The van der Waals surface area contributed by atoms with E-state index in [1.54, 1.807) is 49.6 Å². The molecule has 6 nitrogen and oxygen atoms in total. The lowest BCUT2D eigenvalue weighted by atomic mass is 10.1. The Morgan fingerprint density at radius 2 is 1.70 bits per heavy atom. The number of nitrogens with zero attached hydrogens (tertiary/aromatic N) is 1. The molecule has 0 aliphatic rings. The maximum Gasteiger partial charge on any atom is 0.266 e. The Hall–Kier alpha value is -4.24. The van der Waals surface area contributed by atoms with Crippen LogP contribution in [0.1, 0.15) is 23.6 Å². The van der Waals surface area contributed by atoms with Crippen LogP contribution in [0.15, 0.2) is 72.3 Å². The molecule has 168 valence electrons. The van der Waals surface area contributed by atoms with Crippen LogP contribution in [0.2, 0.25) is 0 Å². The molecule has 33 heavy (non-hydrogen) atoms. The number of nitriles is 1. The summed E-state index contributed by atoms with van der Waals surface area (Å²) in [5.41, 5.74) is 3.41. The molecule has 0 fully saturated rings. The zero-order valence-electron chi connectivity index (χ0n) is 18.9. The van der Waals surface area contributed by atoms with Crippen LogP contribution in [-0.4, -0.2) is 19.6 Å². The molecule has 0 aliphatic heterocycles. The zero-order chi connectivity index (χ0) is 23.6. The summed E-state index contributed by atoms with van der Waals surface area (Å²) in [6, 6.07) is 22.3. The topological polar surface area (TPSA) is 80.6 Å². The number of nitrogens with one attached hydrogen (secondary N) is 1. The number of anilines is 1. The van der Waals surface area contributed by atoms with E-state index >= 15 is 0 Å². The fraction of sp³-hybridized carbons (Fsp3) is 0.185. The summed E-state index contributed by atoms with van der Waals surface area (Å²) >= 11 is 0. The lowest BCUT2D eigenvalue weighted by Crippen LogP contribution is -2.13. The minimum Gasteiger partial charge on any atom is -0.497 e. The Kier molecular flexibility index (Phi) is 8.09. The summed E-state index contributed by atoms with van der Waals surface area (Å²) in [6.45, 7) is 4.80. The summed E-state index contributed by atoms with van der Waals surface area (Å²) in [4.78, 5) is 12.7. The van der Waals surface area contributed by atoms with Crippen molar-refractivity contribution < 1.29 is 19.0 Å². The van der Waals surface area contributed by atoms with Gasteiger partial charge in [-0.2, -0.15) is 5.26 Å². The molecule has 0 bridgehead atoms. The number of methoxy groups -OCH3 is 1. The van der Waals surface area contributed by atoms with Crippen LogP contribution in [0.3, 0.4) is 0 Å². The second-order valence-electron chi connectivity index (χ2n) is 7.26. The van der Waals surface area contributed by atoms with Crippen molar-refractivity contribution in [3.63, 3.8) is 0 Å². The van der Waals surface area contributed by atoms with E-state index in [0.29, 0.717) is 41.7 Å². The number of aryl methyl sites for hydroxylation is 1. The quantitative estimate of drug-likeness (QED) is 0.348. The third-order valence-corrected chi connectivity index (χ3v) is 4.82. The number of carbonyl (C=O) groups is 1. The zero-order valence-corrected chi connectivity index (χ0v) is 18.9. The molecule has 0 saturated heterocycles. The molecule has 0 aromatic heterocycles. The molecule has 0 saturated carbocycles. The summed E-state index contributed by atoms with van der Waals surface area (Å²) in [5.74, 6) is 1.34. The van der Waals surface area contributed by atoms with Crippen molar-refractivity contribution in [2.24, 2.45) is 0 Å². The smallest absolute Gasteiger partial charge is 0.266 e. The summed E-state index contributed by atoms with van der Waals surface area (Å²) in [6.07, 6.45) is 1.50. The molecule has 3 aromatic carbocycles. The summed E-state index contributed by atoms with van der Waals surface area (Å²) in [7, 11) is 1.56. The summed E-state index contributed by atoms with van der Waals surface area (Å²) < 4.78 is 16.6. The summed E-state index contributed by atoms with van der Waals surface area (Å²) in [5, 5.41) is 12.3. The standard InChI is InChI=1S/C27H26N2O4/c1-4-32-26-16-25(31-3)12-9-21(26)15-22(17-28)27(30)29-23-10-13-24(14-11-23)33-18-20-7-5-19(2)6-8-20/h5-16H,4,18H2,1-3H3,(H,29,30)/b22-15+. The highest BCUT2D eigenvalue weighted by atomic mass is 16.5. The van der Waals surface area contributed by atoms with Gasteiger partial charge in [0.05, 0.1) is 13.7 Å². The number of hydrogen-bond donors (Lipinski definition) is 1. The normalized spacial score (nSPS) is 10.8. The first-order chi connectivity index (χ1) is 16.0. The van der Waals surface area contributed by atoms with E-state index in [1.807, 2.05) is 44.2 Å². The van der Waals surface area contributed by atoms with Gasteiger partial charge < -0.3 is 19.5 Å². The van der Waals surface area contributed by atoms with E-state index in [2.05, 4.69) is 5.32 Å². The predicted octanol–water partition coefficient (Wildman–Crippen LogP) is 5.53. The lowest BCUT2D eigenvalue weighted by Gasteiger charge is -2.10. The van der Waals surface area contributed by atoms with Crippen molar-refractivity contribution in [2.75, 3.05) is 19.0 Å². The molecule has 1 amide bonds. The van der Waals surface area contributed by atoms with Gasteiger partial charge in [0.2, 0.25) is 0 Å². The van der Waals surface area contributed by atoms with E-state index in [1.165, 1.54) is 11.6 Å². The number of rotatable bonds is 9. The van der Waals surface area contributed by atoms with Gasteiger partial charge in [0.15, 0.2) is 0 Å². The first-order valence-corrected chi connectivity index (χ1v) is 10.5. The van der Waals surface area contributed by atoms with Crippen molar-refractivity contribution in [2.45, 2.75) is 20.5 Å². The van der Waals surface area contributed by atoms with Crippen LogP contribution >= 0.6 is 0 Å². The third-order valence-electron chi connectivity index (χ3n) is 4.82. The second-order valence-corrected chi connectivity index (χ2v) is 7.26. The Morgan fingerprint density at radius 3 is 2.33 bits per heavy atom. The molecule has 0 aliphatic carbocycles. The van der Waals surface area contributed by atoms with Crippen LogP contribution in [0.25, 0.3) is 6.08 Å². The molecule has 0 unspecified atom stereocenters. The highest BCUT2D eigenvalue weighted by molar-refractivity contribution is 6.09. The first kappa shape index (κ1) is 23.4. The SMILES string of the molecule is CCOc1cc(OC)ccc1/C=C(\C#N)C(=O)Nc1ccc(OCc2ccc(C)cc2)cc1. The number of ether oxygens (including phenoxy) is 3. The first-order valence-electron chi connectivity index (χ1n) is 10.5. The Labute approximate surface area is 194 Å². The van der Waals surface area contributed by atoms with Crippen LogP contribution < -0.4 is 19.5 Å². The van der Waals surface area contributed by atoms with Gasteiger partial charge in [0.25, 0.3) is 5.91 Å². The molecule has 0 heterocycles. The van der Waals surface area contributed by atoms with Gasteiger partial charge in [-0.15, -0.1) is 0 Å². The lowest BCUT2D eigenvalue weighted by molar-refractivity contribution is -0.112. The average Bonchev–Trinajstić information content (AvgIpc) is 2.83. The van der Waals surface area contributed by atoms with Gasteiger partial charge in [-0.05, 0) is 61.9 Å². The number of amides is 1. The Balaban J connectivity index is 1.67. The van der Waals surface area contributed by atoms with Crippen LogP contribution in [0.4, 0.5) is 5.69 Å². The fourth-order valence-electron chi connectivity index (χ4n) is 3.03. The molecule has 3 aromatic rings. The number of carbonyl (C=O) groups excluding carboxylic acids is 1. The van der Waals surface area contributed by atoms with E-state index in [4.69, 9.17) is 14.2 Å². The number of benzene rings is 3. The van der Waals surface area contributed by atoms with E-state index in [9.17, 15) is 10.1 Å². The highest BCUT2D eigenvalue weighted by Crippen LogP contribution is 2.27. The molecule has 0 radical (unpaired) electrons. The predicted molar refractivity (Wildman–Crippen MR) is 128 cm³/mol. The molecular weight excluding hydrogens is 416 g/mol. The van der Waals surface area contributed by atoms with Gasteiger partial charge in [0, 0.05) is 17.3 Å².